The van der Waals surface area contributed by atoms with E-state index in [1.165, 1.54) is 50.2 Å². The predicted octanol–water partition coefficient (Wildman–Crippen LogP) is 1.20. The van der Waals surface area contributed by atoms with Crippen LogP contribution in [0.5, 0.6) is 0 Å². The molecule has 0 bridgehead atoms. The fourth-order valence-corrected chi connectivity index (χ4v) is 5.24. The lowest BCUT2D eigenvalue weighted by molar-refractivity contribution is -0.665. The van der Waals surface area contributed by atoms with Crippen molar-refractivity contribution in [3.05, 3.63) is 30.1 Å². The highest BCUT2D eigenvalue weighted by molar-refractivity contribution is 7.89. The number of nitrogens with two attached hydrogens (primary N) is 1. The minimum Gasteiger partial charge on any atom is -0.346 e. The summed E-state index contributed by atoms with van der Waals surface area (Å²) in [6, 6.07) is 5.12. The van der Waals surface area contributed by atoms with E-state index in [9.17, 15) is 12.8 Å². The molecule has 0 aromatic heterocycles. The van der Waals surface area contributed by atoms with Gasteiger partial charge in [0.05, 0.1) is 18.0 Å². The number of hydrogen-bond acceptors (Lipinski definition) is 2. The number of benzene rings is 1. The SMILES string of the molecule is O=S(=O)(c1ccc(F)cc1)N1CCC(C2CC[NH2+]CC2)CC1. The molecule has 1 aromatic carbocycles. The summed E-state index contributed by atoms with van der Waals surface area (Å²) in [7, 11) is -3.47. The van der Waals surface area contributed by atoms with Crippen molar-refractivity contribution < 1.29 is 18.1 Å². The summed E-state index contributed by atoms with van der Waals surface area (Å²) in [5.41, 5.74) is 0. The van der Waals surface area contributed by atoms with Gasteiger partial charge in [-0.1, -0.05) is 0 Å². The predicted molar refractivity (Wildman–Crippen MR) is 82.3 cm³/mol. The van der Waals surface area contributed by atoms with Crippen molar-refractivity contribution in [3.8, 4) is 0 Å². The summed E-state index contributed by atoms with van der Waals surface area (Å²) in [5, 5.41) is 2.37. The van der Waals surface area contributed by atoms with Gasteiger partial charge in [-0.25, -0.2) is 12.8 Å². The van der Waals surface area contributed by atoms with Crippen LogP contribution in [0.15, 0.2) is 29.2 Å². The van der Waals surface area contributed by atoms with Gasteiger partial charge >= 0.3 is 0 Å². The molecule has 2 N–H and O–H groups in total. The van der Waals surface area contributed by atoms with Crippen molar-refractivity contribution in [1.29, 1.82) is 0 Å². The van der Waals surface area contributed by atoms with Crippen molar-refractivity contribution >= 4 is 10.0 Å². The number of quaternary nitrogens is 1. The second-order valence-electron chi connectivity index (χ2n) is 6.40. The largest absolute Gasteiger partial charge is 0.346 e. The minimum atomic E-state index is -3.47. The summed E-state index contributed by atoms with van der Waals surface area (Å²) in [5.74, 6) is 1.01. The molecule has 2 heterocycles. The van der Waals surface area contributed by atoms with Crippen molar-refractivity contribution in [2.45, 2.75) is 30.6 Å². The molecular formula is C16H24FN2O2S+. The molecule has 0 amide bonds. The average Bonchev–Trinajstić information content (AvgIpc) is 2.56. The van der Waals surface area contributed by atoms with Gasteiger partial charge in [-0.2, -0.15) is 4.31 Å². The van der Waals surface area contributed by atoms with Gasteiger partial charge in [0.15, 0.2) is 0 Å². The molecule has 3 rings (SSSR count). The Morgan fingerprint density at radius 2 is 1.50 bits per heavy atom. The zero-order valence-electron chi connectivity index (χ0n) is 12.7. The van der Waals surface area contributed by atoms with Gasteiger partial charge in [-0.3, -0.25) is 0 Å². The van der Waals surface area contributed by atoms with Gasteiger partial charge in [0.1, 0.15) is 5.82 Å². The summed E-state index contributed by atoms with van der Waals surface area (Å²) in [6.45, 7) is 3.59. The van der Waals surface area contributed by atoms with Crippen LogP contribution in [-0.2, 0) is 10.0 Å². The lowest BCUT2D eigenvalue weighted by Crippen LogP contribution is -2.86. The molecule has 0 spiro atoms. The molecule has 0 aliphatic carbocycles. The summed E-state index contributed by atoms with van der Waals surface area (Å²) < 4.78 is 39.7. The van der Waals surface area contributed by atoms with Crippen molar-refractivity contribution in [2.24, 2.45) is 11.8 Å². The third-order valence-electron chi connectivity index (χ3n) is 5.10. The smallest absolute Gasteiger partial charge is 0.243 e. The zero-order chi connectivity index (χ0) is 15.6. The second kappa shape index (κ2) is 6.64. The summed E-state index contributed by atoms with van der Waals surface area (Å²) >= 11 is 0. The normalized spacial score (nSPS) is 22.8. The standard InChI is InChI=1S/C16H23FN2O2S/c17-15-1-3-16(4-2-15)22(20,21)19-11-7-14(8-12-19)13-5-9-18-10-6-13/h1-4,13-14,18H,5-12H2/p+1. The molecule has 0 unspecified atom stereocenters. The van der Waals surface area contributed by atoms with E-state index in [0.29, 0.717) is 19.0 Å². The van der Waals surface area contributed by atoms with E-state index in [1.54, 1.807) is 4.31 Å². The molecule has 22 heavy (non-hydrogen) atoms. The molecule has 6 heteroatoms. The van der Waals surface area contributed by atoms with Crippen LogP contribution >= 0.6 is 0 Å². The van der Waals surface area contributed by atoms with E-state index in [4.69, 9.17) is 0 Å². The van der Waals surface area contributed by atoms with E-state index in [0.717, 1.165) is 18.8 Å². The number of rotatable bonds is 3. The van der Waals surface area contributed by atoms with E-state index >= 15 is 0 Å². The van der Waals surface area contributed by atoms with Gasteiger partial charge < -0.3 is 5.32 Å². The Morgan fingerprint density at radius 3 is 2.09 bits per heavy atom. The van der Waals surface area contributed by atoms with Gasteiger partial charge in [-0.15, -0.1) is 0 Å². The third kappa shape index (κ3) is 3.34. The maximum atomic E-state index is 13.0. The van der Waals surface area contributed by atoms with E-state index in [1.807, 2.05) is 0 Å². The maximum absolute atomic E-state index is 13.0. The van der Waals surface area contributed by atoms with E-state index in [-0.39, 0.29) is 4.90 Å². The second-order valence-corrected chi connectivity index (χ2v) is 8.34. The third-order valence-corrected chi connectivity index (χ3v) is 7.01. The summed E-state index contributed by atoms with van der Waals surface area (Å²) in [6.07, 6.45) is 4.42. The highest BCUT2D eigenvalue weighted by atomic mass is 32.2. The van der Waals surface area contributed by atoms with Gasteiger partial charge in [0, 0.05) is 13.1 Å². The molecule has 2 saturated heterocycles. The van der Waals surface area contributed by atoms with Crippen molar-refractivity contribution in [1.82, 2.24) is 4.31 Å². The Hall–Kier alpha value is -0.980. The Labute approximate surface area is 131 Å². The van der Waals surface area contributed by atoms with Crippen molar-refractivity contribution in [2.75, 3.05) is 26.2 Å². The molecule has 2 aliphatic rings. The number of hydrogen-bond donors (Lipinski definition) is 1. The number of sulfonamides is 1. The number of piperidine rings is 2. The number of nitrogens with zero attached hydrogens (tertiary/aromatic N) is 1. The highest BCUT2D eigenvalue weighted by Crippen LogP contribution is 2.31. The minimum absolute atomic E-state index is 0.194. The Bertz CT molecular complexity index is 589. The Balaban J connectivity index is 1.63. The maximum Gasteiger partial charge on any atom is 0.243 e. The first-order valence-corrected chi connectivity index (χ1v) is 9.59. The van der Waals surface area contributed by atoms with Crippen LogP contribution in [0, 0.1) is 17.7 Å². The van der Waals surface area contributed by atoms with Gasteiger partial charge in [0.2, 0.25) is 10.0 Å². The van der Waals surface area contributed by atoms with E-state index < -0.39 is 15.8 Å². The molecule has 0 radical (unpaired) electrons. The van der Waals surface area contributed by atoms with Crippen LogP contribution < -0.4 is 5.32 Å². The lowest BCUT2D eigenvalue weighted by atomic mass is 9.79. The fraction of sp³-hybridized carbons (Fsp3) is 0.625. The van der Waals surface area contributed by atoms with Crippen LogP contribution in [0.2, 0.25) is 0 Å². The Morgan fingerprint density at radius 1 is 0.955 bits per heavy atom. The first-order chi connectivity index (χ1) is 10.6. The molecule has 0 atom stereocenters. The monoisotopic (exact) mass is 327 g/mol. The molecule has 122 valence electrons. The quantitative estimate of drug-likeness (QED) is 0.907. The highest BCUT2D eigenvalue weighted by Gasteiger charge is 2.33. The summed E-state index contributed by atoms with van der Waals surface area (Å²) in [4.78, 5) is 0.194. The van der Waals surface area contributed by atoms with Crippen LogP contribution in [0.25, 0.3) is 0 Å². The molecule has 0 saturated carbocycles. The topological polar surface area (TPSA) is 54.0 Å². The van der Waals surface area contributed by atoms with Gasteiger partial charge in [-0.05, 0) is 61.8 Å². The molecular weight excluding hydrogens is 303 g/mol. The van der Waals surface area contributed by atoms with Crippen LogP contribution in [0.4, 0.5) is 4.39 Å². The van der Waals surface area contributed by atoms with Crippen molar-refractivity contribution in [3.63, 3.8) is 0 Å². The van der Waals surface area contributed by atoms with E-state index in [2.05, 4.69) is 5.32 Å². The Kier molecular flexibility index (Phi) is 4.80. The van der Waals surface area contributed by atoms with Gasteiger partial charge in [0.25, 0.3) is 0 Å². The zero-order valence-corrected chi connectivity index (χ0v) is 13.6. The lowest BCUT2D eigenvalue weighted by Gasteiger charge is -2.36. The number of halogens is 1. The fourth-order valence-electron chi connectivity index (χ4n) is 3.77. The van der Waals surface area contributed by atoms with Crippen LogP contribution in [0.3, 0.4) is 0 Å². The van der Waals surface area contributed by atoms with Crippen LogP contribution in [-0.4, -0.2) is 38.9 Å². The van der Waals surface area contributed by atoms with Crippen LogP contribution in [0.1, 0.15) is 25.7 Å². The molecule has 2 aliphatic heterocycles. The molecule has 1 aromatic rings. The first kappa shape index (κ1) is 15.9. The first-order valence-electron chi connectivity index (χ1n) is 8.15. The molecule has 2 fully saturated rings. The average molecular weight is 327 g/mol. The molecule has 4 nitrogen and oxygen atoms in total.